The van der Waals surface area contributed by atoms with E-state index >= 15 is 0 Å². The van der Waals surface area contributed by atoms with Crippen molar-refractivity contribution in [3.63, 3.8) is 0 Å². The number of amides is 1. The maximum Gasteiger partial charge on any atom is 0.472 e. The van der Waals surface area contributed by atoms with Crippen molar-refractivity contribution in [3.05, 3.63) is 158 Å². The van der Waals surface area contributed by atoms with Crippen molar-refractivity contribution in [2.24, 2.45) is 0 Å². The first-order valence-corrected chi connectivity index (χ1v) is 36.8. The smallest absolute Gasteiger partial charge is 0.456 e. The molecule has 0 aliphatic carbocycles. The van der Waals surface area contributed by atoms with E-state index in [0.717, 1.165) is 154 Å². The number of nitrogens with zero attached hydrogens (tertiary/aromatic N) is 1. The predicted molar refractivity (Wildman–Crippen MR) is 382 cm³/mol. The summed E-state index contributed by atoms with van der Waals surface area (Å²) >= 11 is 0. The quantitative estimate of drug-likeness (QED) is 0.0205. The molecule has 0 aromatic heterocycles. The van der Waals surface area contributed by atoms with Crippen LogP contribution in [0.3, 0.4) is 0 Å². The molecule has 0 aromatic rings. The van der Waals surface area contributed by atoms with Crippen LogP contribution in [0.25, 0.3) is 0 Å². The standard InChI is InChI=1S/C78H131N2O7P/c1-7-10-13-16-19-22-25-28-30-32-34-36-38-39-40-41-43-45-47-49-51-53-56-59-62-65-68-71-78(82)87-76(69-66-63-60-57-54-27-24-21-18-15-12-9-3)75(74-86-88(83,84)85-73-72-80(4,5)6)79-77(81)70-67-64-61-58-55-52-50-48-46-44-42-37-35-33-31-29-26-23-20-17-14-11-8-2/h10-11,13-14,19-20,22-23,28-31,34-37,39-40,43-46,50,52,66,69,75-76H,7-9,12,15-18,21,24-27,32-33,38,41-42,47-49,51,53-65,67-68,70-74H2,1-6H3,(H-,79,81,83,84)/p+1/b13-10-,14-11-,22-19-,23-20-,30-28-,31-29-,36-34-,37-35-,40-39-,45-43-,46-44-,52-50-,69-66+. The van der Waals surface area contributed by atoms with Crippen LogP contribution in [0.15, 0.2) is 158 Å². The highest BCUT2D eigenvalue weighted by atomic mass is 31.2. The fourth-order valence-corrected chi connectivity index (χ4v) is 10.1. The molecule has 1 amide bonds. The van der Waals surface area contributed by atoms with Crippen LogP contribution in [0.5, 0.6) is 0 Å². The van der Waals surface area contributed by atoms with E-state index in [4.69, 9.17) is 13.8 Å². The Morgan fingerprint density at radius 3 is 1.09 bits per heavy atom. The van der Waals surface area contributed by atoms with Gasteiger partial charge >= 0.3 is 13.8 Å². The number of carbonyl (C=O) groups is 2. The molecule has 0 spiro atoms. The lowest BCUT2D eigenvalue weighted by molar-refractivity contribution is -0.870. The van der Waals surface area contributed by atoms with Gasteiger partial charge in [-0.25, -0.2) is 4.57 Å². The van der Waals surface area contributed by atoms with Crippen molar-refractivity contribution in [2.45, 2.75) is 283 Å². The fourth-order valence-electron chi connectivity index (χ4n) is 9.36. The molecule has 500 valence electrons. The molecule has 0 rings (SSSR count). The zero-order valence-corrected chi connectivity index (χ0v) is 58.0. The number of ether oxygens (including phenoxy) is 1. The highest BCUT2D eigenvalue weighted by Gasteiger charge is 2.30. The molecule has 0 saturated heterocycles. The third kappa shape index (κ3) is 66.1. The van der Waals surface area contributed by atoms with Gasteiger partial charge in [0.15, 0.2) is 0 Å². The van der Waals surface area contributed by atoms with Crippen molar-refractivity contribution in [3.8, 4) is 0 Å². The van der Waals surface area contributed by atoms with Crippen LogP contribution >= 0.6 is 7.82 Å². The normalized spacial score (nSPS) is 14.5. The first-order valence-electron chi connectivity index (χ1n) is 35.3. The van der Waals surface area contributed by atoms with E-state index in [0.29, 0.717) is 23.9 Å². The van der Waals surface area contributed by atoms with Crippen LogP contribution in [0.2, 0.25) is 0 Å². The van der Waals surface area contributed by atoms with Crippen molar-refractivity contribution in [2.75, 3.05) is 40.9 Å². The molecular weight excluding hydrogens is 1110 g/mol. The Morgan fingerprint density at radius 2 is 0.727 bits per heavy atom. The van der Waals surface area contributed by atoms with Crippen molar-refractivity contribution >= 4 is 19.7 Å². The number of phosphoric ester groups is 1. The number of unbranched alkanes of at least 4 members (excludes halogenated alkanes) is 22. The van der Waals surface area contributed by atoms with Gasteiger partial charge < -0.3 is 19.4 Å². The number of phosphoric acid groups is 1. The average molecular weight is 1240 g/mol. The number of hydrogen-bond donors (Lipinski definition) is 2. The Hall–Kier alpha value is -4.37. The second-order valence-corrected chi connectivity index (χ2v) is 25.7. The summed E-state index contributed by atoms with van der Waals surface area (Å²) in [4.78, 5) is 37.9. The minimum Gasteiger partial charge on any atom is -0.456 e. The van der Waals surface area contributed by atoms with Gasteiger partial charge in [0.1, 0.15) is 19.3 Å². The number of rotatable bonds is 62. The summed E-state index contributed by atoms with van der Waals surface area (Å²) in [5.41, 5.74) is 0. The number of likely N-dealkylation sites (N-methyl/N-ethyl adjacent to an activating group) is 1. The maximum absolute atomic E-state index is 13.6. The molecule has 88 heavy (non-hydrogen) atoms. The molecular formula is C78H132N2O7P+. The Balaban J connectivity index is 5.18. The second-order valence-electron chi connectivity index (χ2n) is 24.3. The summed E-state index contributed by atoms with van der Waals surface area (Å²) < 4.78 is 30.8. The highest BCUT2D eigenvalue weighted by Crippen LogP contribution is 2.43. The monoisotopic (exact) mass is 1240 g/mol. The first-order chi connectivity index (χ1) is 42.9. The van der Waals surface area contributed by atoms with Gasteiger partial charge in [0, 0.05) is 12.8 Å². The van der Waals surface area contributed by atoms with E-state index in [9.17, 15) is 19.0 Å². The number of nitrogens with one attached hydrogen (secondary N) is 1. The number of esters is 1. The molecule has 2 N–H and O–H groups in total. The SMILES string of the molecule is CC/C=C\C/C=C\C/C=C\C/C=C\C/C=C\C/C=C\CCCCCCCCCCC(=O)OC(/C=C/CCCCCCCCCCCC)C(COP(=O)(O)OCC[N+](C)(C)C)NC(=O)CCCCCC/C=C\C/C=C\C/C=C\C/C=C\C/C=C\C/C=C\CC. The van der Waals surface area contributed by atoms with Gasteiger partial charge in [-0.05, 0) is 134 Å². The van der Waals surface area contributed by atoms with Crippen LogP contribution in [0, 0.1) is 0 Å². The molecule has 0 radical (unpaired) electrons. The lowest BCUT2D eigenvalue weighted by Gasteiger charge is -2.27. The zero-order valence-electron chi connectivity index (χ0n) is 57.2. The third-order valence-electron chi connectivity index (χ3n) is 14.7. The van der Waals surface area contributed by atoms with Crippen LogP contribution in [-0.4, -0.2) is 74.3 Å². The van der Waals surface area contributed by atoms with E-state index in [1.807, 2.05) is 33.3 Å². The molecule has 0 aromatic carbocycles. The fraction of sp³-hybridized carbons (Fsp3) is 0.641. The van der Waals surface area contributed by atoms with Gasteiger partial charge in [0.2, 0.25) is 5.91 Å². The van der Waals surface area contributed by atoms with E-state index in [-0.39, 0.29) is 31.5 Å². The Kier molecular flexibility index (Phi) is 62.3. The van der Waals surface area contributed by atoms with E-state index in [1.54, 1.807) is 0 Å². The van der Waals surface area contributed by atoms with E-state index < -0.39 is 20.0 Å². The molecule has 0 heterocycles. The first kappa shape index (κ1) is 83.6. The molecule has 0 bridgehead atoms. The molecule has 3 unspecified atom stereocenters. The van der Waals surface area contributed by atoms with Crippen LogP contribution in [0.1, 0.15) is 271 Å². The van der Waals surface area contributed by atoms with Crippen molar-refractivity contribution in [1.82, 2.24) is 5.32 Å². The third-order valence-corrected chi connectivity index (χ3v) is 15.7. The second kappa shape index (κ2) is 65.6. The van der Waals surface area contributed by atoms with Gasteiger partial charge in [0.05, 0.1) is 33.8 Å². The summed E-state index contributed by atoms with van der Waals surface area (Å²) in [5, 5.41) is 3.05. The highest BCUT2D eigenvalue weighted by molar-refractivity contribution is 7.47. The van der Waals surface area contributed by atoms with Gasteiger partial charge in [-0.3, -0.25) is 18.6 Å². The van der Waals surface area contributed by atoms with Crippen molar-refractivity contribution in [1.29, 1.82) is 0 Å². The average Bonchev–Trinajstić information content (AvgIpc) is 3.61. The van der Waals surface area contributed by atoms with Gasteiger partial charge in [-0.2, -0.15) is 0 Å². The number of allylic oxidation sites excluding steroid dienone is 25. The van der Waals surface area contributed by atoms with Gasteiger partial charge in [-0.15, -0.1) is 0 Å². The largest absolute Gasteiger partial charge is 0.472 e. The van der Waals surface area contributed by atoms with Crippen LogP contribution in [-0.2, 0) is 27.9 Å². The molecule has 0 aliphatic rings. The number of carbonyl (C=O) groups excluding carboxylic acids is 2. The lowest BCUT2D eigenvalue weighted by atomic mass is 10.0. The maximum atomic E-state index is 13.6. The van der Waals surface area contributed by atoms with E-state index in [1.165, 1.54) is 77.0 Å². The minimum atomic E-state index is -4.48. The summed E-state index contributed by atoms with van der Waals surface area (Å²) in [6.07, 6.45) is 96.8. The Morgan fingerprint density at radius 1 is 0.409 bits per heavy atom. The molecule has 0 aliphatic heterocycles. The lowest BCUT2D eigenvalue weighted by Crippen LogP contribution is -2.47. The van der Waals surface area contributed by atoms with Crippen molar-refractivity contribution < 1.29 is 37.3 Å². The predicted octanol–water partition coefficient (Wildman–Crippen LogP) is 22.7. The number of quaternary nitrogens is 1. The molecule has 0 fully saturated rings. The summed E-state index contributed by atoms with van der Waals surface area (Å²) in [6.45, 7) is 6.75. The molecule has 0 saturated carbocycles. The molecule has 10 heteroatoms. The zero-order chi connectivity index (χ0) is 64.2. The topological polar surface area (TPSA) is 111 Å². The summed E-state index contributed by atoms with van der Waals surface area (Å²) in [6, 6.07) is -0.879. The minimum absolute atomic E-state index is 0.0244. The Bertz CT molecular complexity index is 2060. The van der Waals surface area contributed by atoms with Gasteiger partial charge in [-0.1, -0.05) is 282 Å². The summed E-state index contributed by atoms with van der Waals surface area (Å²) in [5.74, 6) is -0.553. The van der Waals surface area contributed by atoms with E-state index in [2.05, 4.69) is 172 Å². The number of hydrogen-bond acceptors (Lipinski definition) is 6. The molecule has 3 atom stereocenters. The molecule has 9 nitrogen and oxygen atoms in total. The van der Waals surface area contributed by atoms with Gasteiger partial charge in [0.25, 0.3) is 0 Å². The Labute approximate surface area is 541 Å². The van der Waals surface area contributed by atoms with Crippen LogP contribution in [0.4, 0.5) is 0 Å². The summed E-state index contributed by atoms with van der Waals surface area (Å²) in [7, 11) is 1.45. The van der Waals surface area contributed by atoms with Crippen LogP contribution < -0.4 is 5.32 Å².